The molecule has 1 unspecified atom stereocenters. The SMILES string of the molecule is CC(NC1=NCCN1C)c1cccs1. The summed E-state index contributed by atoms with van der Waals surface area (Å²) < 4.78 is 0. The molecule has 1 N–H and O–H groups in total. The summed E-state index contributed by atoms with van der Waals surface area (Å²) >= 11 is 1.78. The molecule has 2 rings (SSSR count). The summed E-state index contributed by atoms with van der Waals surface area (Å²) in [6.45, 7) is 4.11. The van der Waals surface area contributed by atoms with E-state index in [0.29, 0.717) is 6.04 Å². The molecule has 1 aliphatic rings. The maximum Gasteiger partial charge on any atom is 0.194 e. The maximum atomic E-state index is 4.40. The lowest BCUT2D eigenvalue weighted by molar-refractivity contribution is 0.522. The fourth-order valence-corrected chi connectivity index (χ4v) is 2.23. The molecule has 3 nitrogen and oxygen atoms in total. The van der Waals surface area contributed by atoms with Gasteiger partial charge in [-0.15, -0.1) is 11.3 Å². The van der Waals surface area contributed by atoms with Crippen LogP contribution in [-0.2, 0) is 0 Å². The highest BCUT2D eigenvalue weighted by Crippen LogP contribution is 2.18. The first-order valence-electron chi connectivity index (χ1n) is 4.83. The molecule has 0 fully saturated rings. The highest BCUT2D eigenvalue weighted by molar-refractivity contribution is 7.10. The number of rotatable bonds is 2. The number of likely N-dealkylation sites (N-methyl/N-ethyl adjacent to an activating group) is 1. The second kappa shape index (κ2) is 4.00. The Bertz CT molecular complexity index is 318. The molecule has 0 spiro atoms. The van der Waals surface area contributed by atoms with Crippen molar-refractivity contribution in [2.24, 2.45) is 4.99 Å². The zero-order valence-electron chi connectivity index (χ0n) is 8.53. The molecule has 0 radical (unpaired) electrons. The van der Waals surface area contributed by atoms with Gasteiger partial charge in [0, 0.05) is 18.5 Å². The third-order valence-corrected chi connectivity index (χ3v) is 3.43. The molecule has 1 aromatic rings. The molecule has 1 aliphatic heterocycles. The van der Waals surface area contributed by atoms with E-state index in [0.717, 1.165) is 19.0 Å². The highest BCUT2D eigenvalue weighted by Gasteiger charge is 2.15. The molecule has 0 amide bonds. The van der Waals surface area contributed by atoms with E-state index >= 15 is 0 Å². The van der Waals surface area contributed by atoms with Gasteiger partial charge < -0.3 is 10.2 Å². The number of nitrogens with one attached hydrogen (secondary N) is 1. The number of thiophene rings is 1. The number of guanidine groups is 1. The quantitative estimate of drug-likeness (QED) is 0.803. The van der Waals surface area contributed by atoms with Crippen LogP contribution < -0.4 is 5.32 Å². The summed E-state index contributed by atoms with van der Waals surface area (Å²) in [5, 5.41) is 5.52. The van der Waals surface area contributed by atoms with Crippen LogP contribution in [0.3, 0.4) is 0 Å². The maximum absolute atomic E-state index is 4.40. The molecular weight excluding hydrogens is 194 g/mol. The lowest BCUT2D eigenvalue weighted by Gasteiger charge is -2.19. The van der Waals surface area contributed by atoms with Crippen LogP contribution in [-0.4, -0.2) is 31.0 Å². The zero-order valence-corrected chi connectivity index (χ0v) is 9.34. The second-order valence-corrected chi connectivity index (χ2v) is 4.49. The Morgan fingerprint density at radius 1 is 1.64 bits per heavy atom. The van der Waals surface area contributed by atoms with Crippen molar-refractivity contribution >= 4 is 17.3 Å². The van der Waals surface area contributed by atoms with E-state index < -0.39 is 0 Å². The third-order valence-electron chi connectivity index (χ3n) is 2.37. The molecular formula is C10H15N3S. The third kappa shape index (κ3) is 1.90. The van der Waals surface area contributed by atoms with Crippen molar-refractivity contribution in [1.82, 2.24) is 10.2 Å². The Morgan fingerprint density at radius 2 is 2.50 bits per heavy atom. The van der Waals surface area contributed by atoms with E-state index in [2.05, 4.69) is 46.7 Å². The average Bonchev–Trinajstić information content (AvgIpc) is 2.77. The van der Waals surface area contributed by atoms with Crippen LogP contribution in [0.15, 0.2) is 22.5 Å². The van der Waals surface area contributed by atoms with E-state index in [1.807, 2.05) is 0 Å². The molecule has 0 saturated heterocycles. The fourth-order valence-electron chi connectivity index (χ4n) is 1.49. The summed E-state index contributed by atoms with van der Waals surface area (Å²) in [5.41, 5.74) is 0. The molecule has 0 saturated carbocycles. The van der Waals surface area contributed by atoms with Gasteiger partial charge in [-0.1, -0.05) is 6.07 Å². The van der Waals surface area contributed by atoms with Gasteiger partial charge in [-0.3, -0.25) is 4.99 Å². The zero-order chi connectivity index (χ0) is 9.97. The molecule has 0 bridgehead atoms. The van der Waals surface area contributed by atoms with E-state index in [9.17, 15) is 0 Å². The number of aliphatic imine (C=N–C) groups is 1. The Morgan fingerprint density at radius 3 is 3.07 bits per heavy atom. The van der Waals surface area contributed by atoms with Crippen molar-refractivity contribution in [3.63, 3.8) is 0 Å². The standard InChI is InChI=1S/C10H15N3S/c1-8(9-4-3-7-14-9)12-10-11-5-6-13(10)2/h3-4,7-8H,5-6H2,1-2H3,(H,11,12). The molecule has 1 atom stereocenters. The lowest BCUT2D eigenvalue weighted by atomic mass is 10.3. The number of nitrogens with zero attached hydrogens (tertiary/aromatic N) is 2. The Hall–Kier alpha value is -1.03. The summed E-state index contributed by atoms with van der Waals surface area (Å²) in [4.78, 5) is 7.91. The molecule has 0 aromatic carbocycles. The monoisotopic (exact) mass is 209 g/mol. The lowest BCUT2D eigenvalue weighted by Crippen LogP contribution is -2.36. The first-order valence-corrected chi connectivity index (χ1v) is 5.71. The molecule has 4 heteroatoms. The van der Waals surface area contributed by atoms with Crippen LogP contribution in [0.1, 0.15) is 17.8 Å². The van der Waals surface area contributed by atoms with Gasteiger partial charge in [-0.25, -0.2) is 0 Å². The van der Waals surface area contributed by atoms with Gasteiger partial charge in [-0.05, 0) is 18.4 Å². The Kier molecular flexibility index (Phi) is 2.72. The van der Waals surface area contributed by atoms with Gasteiger partial charge in [0.1, 0.15) is 0 Å². The minimum atomic E-state index is 0.356. The van der Waals surface area contributed by atoms with Crippen molar-refractivity contribution < 1.29 is 0 Å². The van der Waals surface area contributed by atoms with E-state index in [4.69, 9.17) is 0 Å². The first-order chi connectivity index (χ1) is 6.77. The topological polar surface area (TPSA) is 27.6 Å². The van der Waals surface area contributed by atoms with Gasteiger partial charge in [0.2, 0.25) is 0 Å². The Balaban J connectivity index is 1.98. The van der Waals surface area contributed by atoms with Crippen molar-refractivity contribution in [2.45, 2.75) is 13.0 Å². The molecule has 14 heavy (non-hydrogen) atoms. The van der Waals surface area contributed by atoms with Crippen LogP contribution in [0.2, 0.25) is 0 Å². The average molecular weight is 209 g/mol. The smallest absolute Gasteiger partial charge is 0.194 e. The minimum Gasteiger partial charge on any atom is -0.349 e. The van der Waals surface area contributed by atoms with Gasteiger partial charge in [0.05, 0.1) is 12.6 Å². The van der Waals surface area contributed by atoms with Crippen molar-refractivity contribution in [3.8, 4) is 0 Å². The minimum absolute atomic E-state index is 0.356. The summed E-state index contributed by atoms with van der Waals surface area (Å²) in [6, 6.07) is 4.59. The van der Waals surface area contributed by atoms with Crippen LogP contribution in [0.4, 0.5) is 0 Å². The van der Waals surface area contributed by atoms with Crippen molar-refractivity contribution in [3.05, 3.63) is 22.4 Å². The predicted molar refractivity (Wildman–Crippen MR) is 60.8 cm³/mol. The summed E-state index contributed by atoms with van der Waals surface area (Å²) in [6.07, 6.45) is 0. The van der Waals surface area contributed by atoms with Crippen LogP contribution in [0.5, 0.6) is 0 Å². The fraction of sp³-hybridized carbons (Fsp3) is 0.500. The molecule has 0 aliphatic carbocycles. The van der Waals surface area contributed by atoms with Crippen LogP contribution in [0, 0.1) is 0 Å². The highest BCUT2D eigenvalue weighted by atomic mass is 32.1. The van der Waals surface area contributed by atoms with E-state index in [-0.39, 0.29) is 0 Å². The first kappa shape index (κ1) is 9.52. The summed E-state index contributed by atoms with van der Waals surface area (Å²) in [5.74, 6) is 1.02. The molecule has 76 valence electrons. The van der Waals surface area contributed by atoms with E-state index in [1.165, 1.54) is 4.88 Å². The predicted octanol–water partition coefficient (Wildman–Crippen LogP) is 1.70. The van der Waals surface area contributed by atoms with Crippen molar-refractivity contribution in [2.75, 3.05) is 20.1 Å². The van der Waals surface area contributed by atoms with Gasteiger partial charge in [-0.2, -0.15) is 0 Å². The Labute approximate surface area is 88.5 Å². The second-order valence-electron chi connectivity index (χ2n) is 3.51. The number of hydrogen-bond donors (Lipinski definition) is 1. The van der Waals surface area contributed by atoms with E-state index in [1.54, 1.807) is 11.3 Å². The number of hydrogen-bond acceptors (Lipinski definition) is 4. The van der Waals surface area contributed by atoms with Crippen LogP contribution >= 0.6 is 11.3 Å². The van der Waals surface area contributed by atoms with Crippen molar-refractivity contribution in [1.29, 1.82) is 0 Å². The normalized spacial score (nSPS) is 18.1. The molecule has 2 heterocycles. The van der Waals surface area contributed by atoms with Crippen LogP contribution in [0.25, 0.3) is 0 Å². The van der Waals surface area contributed by atoms with Gasteiger partial charge >= 0.3 is 0 Å². The summed E-state index contributed by atoms with van der Waals surface area (Å²) in [7, 11) is 2.07. The molecule has 1 aromatic heterocycles. The van der Waals surface area contributed by atoms with Gasteiger partial charge in [0.15, 0.2) is 5.96 Å². The largest absolute Gasteiger partial charge is 0.349 e. The van der Waals surface area contributed by atoms with Gasteiger partial charge in [0.25, 0.3) is 0 Å².